The molecule has 1 unspecified atom stereocenters. The summed E-state index contributed by atoms with van der Waals surface area (Å²) in [5, 5.41) is 9.21. The Labute approximate surface area is 93.4 Å². The van der Waals surface area contributed by atoms with Crippen LogP contribution in [-0.4, -0.2) is 31.2 Å². The summed E-state index contributed by atoms with van der Waals surface area (Å²) >= 11 is 0. The maximum Gasteiger partial charge on any atom is 0.242 e. The van der Waals surface area contributed by atoms with Crippen LogP contribution in [-0.2, 0) is 10.0 Å². The van der Waals surface area contributed by atoms with E-state index >= 15 is 0 Å². The number of halogens is 1. The van der Waals surface area contributed by atoms with Crippen LogP contribution in [0.3, 0.4) is 0 Å². The molecule has 7 heteroatoms. The number of aliphatic hydroxyl groups excluding tert-OH is 1. The number of hydrogen-bond donors (Lipinski definition) is 2. The molecule has 5 nitrogen and oxygen atoms in total. The molecule has 90 valence electrons. The highest BCUT2D eigenvalue weighted by atomic mass is 32.2. The number of hydrogen-bond acceptors (Lipinski definition) is 4. The van der Waals surface area contributed by atoms with Gasteiger partial charge in [0, 0.05) is 12.7 Å². The predicted molar refractivity (Wildman–Crippen MR) is 55.7 cm³/mol. The molecule has 0 aliphatic heterocycles. The highest BCUT2D eigenvalue weighted by Crippen LogP contribution is 2.08. The van der Waals surface area contributed by atoms with E-state index in [4.69, 9.17) is 0 Å². The SMILES string of the molecule is CCC(O)CNS(=O)(=O)c1cncc(F)c1. The minimum atomic E-state index is -3.80. The minimum Gasteiger partial charge on any atom is -0.392 e. The maximum absolute atomic E-state index is 12.8. The third-order valence-corrected chi connectivity index (χ3v) is 3.36. The molecule has 0 aliphatic rings. The first-order valence-corrected chi connectivity index (χ1v) is 6.22. The molecule has 2 N–H and O–H groups in total. The number of aliphatic hydroxyl groups is 1. The lowest BCUT2D eigenvalue weighted by Crippen LogP contribution is -2.31. The monoisotopic (exact) mass is 248 g/mol. The Morgan fingerprint density at radius 1 is 1.56 bits per heavy atom. The highest BCUT2D eigenvalue weighted by Gasteiger charge is 2.16. The lowest BCUT2D eigenvalue weighted by molar-refractivity contribution is 0.174. The first-order valence-electron chi connectivity index (χ1n) is 4.74. The first kappa shape index (κ1) is 13.0. The van der Waals surface area contributed by atoms with Gasteiger partial charge in [-0.05, 0) is 12.5 Å². The van der Waals surface area contributed by atoms with Gasteiger partial charge in [0.2, 0.25) is 10.0 Å². The molecular formula is C9H13FN2O3S. The molecule has 0 fully saturated rings. The van der Waals surface area contributed by atoms with Crippen molar-refractivity contribution in [1.82, 2.24) is 9.71 Å². The predicted octanol–water partition coefficient (Wildman–Crippen LogP) is 0.270. The van der Waals surface area contributed by atoms with Gasteiger partial charge in [0.1, 0.15) is 10.7 Å². The summed E-state index contributed by atoms with van der Waals surface area (Å²) in [4.78, 5) is 3.19. The lowest BCUT2D eigenvalue weighted by Gasteiger charge is -2.09. The van der Waals surface area contributed by atoms with Crippen molar-refractivity contribution in [3.63, 3.8) is 0 Å². The van der Waals surface area contributed by atoms with E-state index in [9.17, 15) is 17.9 Å². The molecule has 0 saturated carbocycles. The van der Waals surface area contributed by atoms with Gasteiger partial charge in [0.15, 0.2) is 0 Å². The summed E-state index contributed by atoms with van der Waals surface area (Å²) < 4.78 is 38.1. The van der Waals surface area contributed by atoms with Crippen LogP contribution in [0.25, 0.3) is 0 Å². The van der Waals surface area contributed by atoms with E-state index in [0.29, 0.717) is 6.42 Å². The largest absolute Gasteiger partial charge is 0.392 e. The van der Waals surface area contributed by atoms with Gasteiger partial charge in [0.25, 0.3) is 0 Å². The zero-order valence-corrected chi connectivity index (χ0v) is 9.54. The fraction of sp³-hybridized carbons (Fsp3) is 0.444. The molecule has 0 radical (unpaired) electrons. The molecule has 0 aromatic carbocycles. The maximum atomic E-state index is 12.8. The number of nitrogens with one attached hydrogen (secondary N) is 1. The van der Waals surface area contributed by atoms with Crippen LogP contribution >= 0.6 is 0 Å². The smallest absolute Gasteiger partial charge is 0.242 e. The molecule has 0 aliphatic carbocycles. The Hall–Kier alpha value is -1.05. The van der Waals surface area contributed by atoms with Crippen molar-refractivity contribution >= 4 is 10.0 Å². The van der Waals surface area contributed by atoms with Crippen LogP contribution in [0.15, 0.2) is 23.4 Å². The van der Waals surface area contributed by atoms with Crippen LogP contribution in [0.1, 0.15) is 13.3 Å². The summed E-state index contributed by atoms with van der Waals surface area (Å²) in [6.07, 6.45) is 1.64. The summed E-state index contributed by atoms with van der Waals surface area (Å²) in [5.41, 5.74) is 0. The summed E-state index contributed by atoms with van der Waals surface area (Å²) in [7, 11) is -3.80. The Morgan fingerprint density at radius 2 is 2.25 bits per heavy atom. The number of sulfonamides is 1. The van der Waals surface area contributed by atoms with E-state index < -0.39 is 21.9 Å². The Bertz CT molecular complexity index is 450. The Kier molecular flexibility index (Phi) is 4.34. The van der Waals surface area contributed by atoms with E-state index in [1.54, 1.807) is 6.92 Å². The van der Waals surface area contributed by atoms with Crippen molar-refractivity contribution in [2.24, 2.45) is 0 Å². The Morgan fingerprint density at radius 3 is 2.81 bits per heavy atom. The van der Waals surface area contributed by atoms with Gasteiger partial charge in [-0.2, -0.15) is 0 Å². The van der Waals surface area contributed by atoms with E-state index in [1.165, 1.54) is 0 Å². The van der Waals surface area contributed by atoms with Crippen LogP contribution in [0.5, 0.6) is 0 Å². The van der Waals surface area contributed by atoms with Gasteiger partial charge >= 0.3 is 0 Å². The van der Waals surface area contributed by atoms with Crippen LogP contribution in [0.2, 0.25) is 0 Å². The average Bonchev–Trinajstić information content (AvgIpc) is 2.26. The quantitative estimate of drug-likeness (QED) is 0.784. The fourth-order valence-electron chi connectivity index (χ4n) is 0.973. The minimum absolute atomic E-state index is 0.102. The van der Waals surface area contributed by atoms with Gasteiger partial charge in [-0.15, -0.1) is 0 Å². The highest BCUT2D eigenvalue weighted by molar-refractivity contribution is 7.89. The first-order chi connectivity index (χ1) is 7.45. The second-order valence-corrected chi connectivity index (χ2v) is 5.02. The second-order valence-electron chi connectivity index (χ2n) is 3.25. The summed E-state index contributed by atoms with van der Waals surface area (Å²) in [6, 6.07) is 0.869. The van der Waals surface area contributed by atoms with Gasteiger partial charge in [-0.25, -0.2) is 17.5 Å². The van der Waals surface area contributed by atoms with E-state index in [1.807, 2.05) is 0 Å². The molecular weight excluding hydrogens is 235 g/mol. The molecule has 0 amide bonds. The van der Waals surface area contributed by atoms with Crippen LogP contribution in [0.4, 0.5) is 4.39 Å². The van der Waals surface area contributed by atoms with E-state index in [0.717, 1.165) is 18.5 Å². The second kappa shape index (κ2) is 5.33. The molecule has 1 atom stereocenters. The van der Waals surface area contributed by atoms with Crippen molar-refractivity contribution < 1.29 is 17.9 Å². The molecule has 16 heavy (non-hydrogen) atoms. The van der Waals surface area contributed by atoms with Crippen molar-refractivity contribution in [3.05, 3.63) is 24.3 Å². The molecule has 0 saturated heterocycles. The zero-order chi connectivity index (χ0) is 12.2. The molecule has 0 spiro atoms. The molecule has 1 heterocycles. The number of aromatic nitrogens is 1. The van der Waals surface area contributed by atoms with Gasteiger partial charge in [-0.3, -0.25) is 4.98 Å². The fourth-order valence-corrected chi connectivity index (χ4v) is 2.02. The molecule has 1 aromatic rings. The molecule has 1 aromatic heterocycles. The van der Waals surface area contributed by atoms with Crippen LogP contribution in [0, 0.1) is 5.82 Å². The number of nitrogens with zero attached hydrogens (tertiary/aromatic N) is 1. The van der Waals surface area contributed by atoms with Crippen molar-refractivity contribution in [1.29, 1.82) is 0 Å². The van der Waals surface area contributed by atoms with Crippen LogP contribution < -0.4 is 4.72 Å². The summed E-state index contributed by atoms with van der Waals surface area (Å²) in [5.74, 6) is -0.723. The third-order valence-electron chi connectivity index (χ3n) is 1.97. The average molecular weight is 248 g/mol. The Balaban J connectivity index is 2.78. The molecule has 0 bridgehead atoms. The van der Waals surface area contributed by atoms with Gasteiger partial charge < -0.3 is 5.11 Å². The standard InChI is InChI=1S/C9H13FN2O3S/c1-2-8(13)5-12-16(14,15)9-3-7(10)4-11-6-9/h3-4,6,8,12-13H,2,5H2,1H3. The third kappa shape index (κ3) is 3.51. The van der Waals surface area contributed by atoms with Gasteiger partial charge in [-0.1, -0.05) is 6.92 Å². The topological polar surface area (TPSA) is 79.3 Å². The lowest BCUT2D eigenvalue weighted by atomic mass is 10.3. The zero-order valence-electron chi connectivity index (χ0n) is 8.72. The summed E-state index contributed by atoms with van der Waals surface area (Å²) in [6.45, 7) is 1.62. The molecule has 1 rings (SSSR count). The van der Waals surface area contributed by atoms with E-state index in [2.05, 4.69) is 9.71 Å². The van der Waals surface area contributed by atoms with Crippen molar-refractivity contribution in [2.45, 2.75) is 24.3 Å². The van der Waals surface area contributed by atoms with Gasteiger partial charge in [0.05, 0.1) is 12.3 Å². The normalized spacial score (nSPS) is 13.7. The number of pyridine rings is 1. The van der Waals surface area contributed by atoms with E-state index in [-0.39, 0.29) is 11.4 Å². The number of rotatable bonds is 5. The van der Waals surface area contributed by atoms with Crippen molar-refractivity contribution in [3.8, 4) is 0 Å². The van der Waals surface area contributed by atoms with Crippen molar-refractivity contribution in [2.75, 3.05) is 6.54 Å².